The van der Waals surface area contributed by atoms with Gasteiger partial charge in [-0.15, -0.1) is 0 Å². The average Bonchev–Trinajstić information content (AvgIpc) is 2.52. The molecule has 1 aliphatic heterocycles. The molecule has 3 rings (SSSR count). The fraction of sp³-hybridized carbons (Fsp3) is 0.188. The first-order chi connectivity index (χ1) is 10.2. The van der Waals surface area contributed by atoms with Gasteiger partial charge in [0, 0.05) is 18.3 Å². The van der Waals surface area contributed by atoms with Gasteiger partial charge < -0.3 is 20.1 Å². The van der Waals surface area contributed by atoms with Crippen molar-refractivity contribution in [2.45, 2.75) is 6.54 Å². The van der Waals surface area contributed by atoms with Crippen LogP contribution in [-0.4, -0.2) is 19.6 Å². The Labute approximate surface area is 122 Å². The summed E-state index contributed by atoms with van der Waals surface area (Å²) in [6.45, 7) is 0.727. The number of ether oxygens (including phenoxy) is 2. The maximum absolute atomic E-state index is 11.3. The Kier molecular flexibility index (Phi) is 3.64. The SMILES string of the molecule is COc1cccc(NCc2ccc3c(c2)NC(=O)CO3)c1. The first-order valence-electron chi connectivity index (χ1n) is 6.68. The van der Waals surface area contributed by atoms with Crippen molar-refractivity contribution in [2.75, 3.05) is 24.4 Å². The van der Waals surface area contributed by atoms with Gasteiger partial charge in [-0.05, 0) is 29.8 Å². The third-order valence-corrected chi connectivity index (χ3v) is 3.24. The number of rotatable bonds is 4. The summed E-state index contributed by atoms with van der Waals surface area (Å²) in [4.78, 5) is 11.3. The van der Waals surface area contributed by atoms with Gasteiger partial charge in [-0.1, -0.05) is 12.1 Å². The molecule has 108 valence electrons. The molecular formula is C16H16N2O3. The van der Waals surface area contributed by atoms with Crippen molar-refractivity contribution >= 4 is 17.3 Å². The molecule has 0 bridgehead atoms. The molecule has 2 aromatic rings. The number of methoxy groups -OCH3 is 1. The number of carbonyl (C=O) groups is 1. The minimum atomic E-state index is -0.125. The Morgan fingerprint density at radius 3 is 3.05 bits per heavy atom. The van der Waals surface area contributed by atoms with E-state index in [1.54, 1.807) is 7.11 Å². The number of nitrogens with one attached hydrogen (secondary N) is 2. The van der Waals surface area contributed by atoms with E-state index in [4.69, 9.17) is 9.47 Å². The van der Waals surface area contributed by atoms with Crippen LogP contribution in [0.1, 0.15) is 5.56 Å². The van der Waals surface area contributed by atoms with Crippen LogP contribution in [0.2, 0.25) is 0 Å². The highest BCUT2D eigenvalue weighted by atomic mass is 16.5. The molecule has 2 aromatic carbocycles. The first kappa shape index (κ1) is 13.3. The van der Waals surface area contributed by atoms with Crippen LogP contribution in [-0.2, 0) is 11.3 Å². The third kappa shape index (κ3) is 3.08. The fourth-order valence-corrected chi connectivity index (χ4v) is 2.18. The van der Waals surface area contributed by atoms with Crippen LogP contribution in [0, 0.1) is 0 Å². The largest absolute Gasteiger partial charge is 0.497 e. The monoisotopic (exact) mass is 284 g/mol. The fourth-order valence-electron chi connectivity index (χ4n) is 2.18. The Bertz CT molecular complexity index is 670. The van der Waals surface area contributed by atoms with E-state index in [9.17, 15) is 4.79 Å². The van der Waals surface area contributed by atoms with Gasteiger partial charge in [0.05, 0.1) is 12.8 Å². The highest BCUT2D eigenvalue weighted by molar-refractivity contribution is 5.95. The van der Waals surface area contributed by atoms with E-state index in [1.165, 1.54) is 0 Å². The van der Waals surface area contributed by atoms with Crippen LogP contribution in [0.3, 0.4) is 0 Å². The van der Waals surface area contributed by atoms with Crippen LogP contribution in [0.5, 0.6) is 11.5 Å². The normalized spacial score (nSPS) is 12.9. The summed E-state index contributed by atoms with van der Waals surface area (Å²) in [7, 11) is 1.64. The molecule has 1 aliphatic rings. The lowest BCUT2D eigenvalue weighted by atomic mass is 10.1. The summed E-state index contributed by atoms with van der Waals surface area (Å²) < 4.78 is 10.5. The molecule has 0 aliphatic carbocycles. The van der Waals surface area contributed by atoms with Crippen molar-refractivity contribution < 1.29 is 14.3 Å². The molecule has 0 fully saturated rings. The molecule has 0 unspecified atom stereocenters. The maximum atomic E-state index is 11.3. The zero-order valence-electron chi connectivity index (χ0n) is 11.7. The number of hydrogen-bond donors (Lipinski definition) is 2. The van der Waals surface area contributed by atoms with Crippen molar-refractivity contribution in [1.82, 2.24) is 0 Å². The molecule has 0 atom stereocenters. The van der Waals surface area contributed by atoms with E-state index >= 15 is 0 Å². The zero-order valence-corrected chi connectivity index (χ0v) is 11.7. The highest BCUT2D eigenvalue weighted by Crippen LogP contribution is 2.28. The number of carbonyl (C=O) groups excluding carboxylic acids is 1. The molecule has 0 saturated heterocycles. The molecule has 5 nitrogen and oxygen atoms in total. The summed E-state index contributed by atoms with van der Waals surface area (Å²) in [5.41, 5.74) is 2.76. The molecule has 0 radical (unpaired) electrons. The molecule has 5 heteroatoms. The smallest absolute Gasteiger partial charge is 0.262 e. The van der Waals surface area contributed by atoms with Gasteiger partial charge in [-0.25, -0.2) is 0 Å². The number of fused-ring (bicyclic) bond motifs is 1. The summed E-state index contributed by atoms with van der Waals surface area (Å²) in [5.74, 6) is 1.39. The van der Waals surface area contributed by atoms with E-state index in [2.05, 4.69) is 10.6 Å². The second kappa shape index (κ2) is 5.75. The number of amides is 1. The predicted molar refractivity (Wildman–Crippen MR) is 80.9 cm³/mol. The molecule has 2 N–H and O–H groups in total. The Hall–Kier alpha value is -2.69. The summed E-state index contributed by atoms with van der Waals surface area (Å²) in [6, 6.07) is 13.5. The number of anilines is 2. The Balaban J connectivity index is 1.70. The van der Waals surface area contributed by atoms with E-state index in [0.29, 0.717) is 12.3 Å². The van der Waals surface area contributed by atoms with E-state index in [-0.39, 0.29) is 12.5 Å². The topological polar surface area (TPSA) is 59.6 Å². The quantitative estimate of drug-likeness (QED) is 0.906. The van der Waals surface area contributed by atoms with Gasteiger partial charge in [0.15, 0.2) is 6.61 Å². The van der Waals surface area contributed by atoms with Gasteiger partial charge in [-0.2, -0.15) is 0 Å². The molecule has 1 amide bonds. The average molecular weight is 284 g/mol. The third-order valence-electron chi connectivity index (χ3n) is 3.24. The summed E-state index contributed by atoms with van der Waals surface area (Å²) in [5, 5.41) is 6.13. The van der Waals surface area contributed by atoms with Gasteiger partial charge in [0.1, 0.15) is 11.5 Å². The van der Waals surface area contributed by atoms with Crippen molar-refractivity contribution in [2.24, 2.45) is 0 Å². The molecule has 0 saturated carbocycles. The minimum Gasteiger partial charge on any atom is -0.497 e. The second-order valence-corrected chi connectivity index (χ2v) is 4.75. The van der Waals surface area contributed by atoms with Crippen molar-refractivity contribution in [3.05, 3.63) is 48.0 Å². The highest BCUT2D eigenvalue weighted by Gasteiger charge is 2.15. The number of benzene rings is 2. The van der Waals surface area contributed by atoms with Crippen molar-refractivity contribution in [3.8, 4) is 11.5 Å². The van der Waals surface area contributed by atoms with Crippen LogP contribution in [0.25, 0.3) is 0 Å². The summed E-state index contributed by atoms with van der Waals surface area (Å²) in [6.07, 6.45) is 0. The Morgan fingerprint density at radius 2 is 2.19 bits per heavy atom. The van der Waals surface area contributed by atoms with Crippen LogP contribution >= 0.6 is 0 Å². The van der Waals surface area contributed by atoms with Crippen LogP contribution < -0.4 is 20.1 Å². The summed E-state index contributed by atoms with van der Waals surface area (Å²) >= 11 is 0. The zero-order chi connectivity index (χ0) is 14.7. The maximum Gasteiger partial charge on any atom is 0.262 e. The Morgan fingerprint density at radius 1 is 1.29 bits per heavy atom. The van der Waals surface area contributed by atoms with Crippen molar-refractivity contribution in [1.29, 1.82) is 0 Å². The first-order valence-corrected chi connectivity index (χ1v) is 6.68. The lowest BCUT2D eigenvalue weighted by Crippen LogP contribution is -2.25. The number of hydrogen-bond acceptors (Lipinski definition) is 4. The predicted octanol–water partition coefficient (Wildman–Crippen LogP) is 2.64. The van der Waals surface area contributed by atoms with Crippen molar-refractivity contribution in [3.63, 3.8) is 0 Å². The van der Waals surface area contributed by atoms with E-state index in [0.717, 1.165) is 22.7 Å². The standard InChI is InChI=1S/C16H16N2O3/c1-20-13-4-2-3-12(8-13)17-9-11-5-6-15-14(7-11)18-16(19)10-21-15/h2-8,17H,9-10H2,1H3,(H,18,19). The van der Waals surface area contributed by atoms with Gasteiger partial charge in [-0.3, -0.25) is 4.79 Å². The van der Waals surface area contributed by atoms with E-state index < -0.39 is 0 Å². The molecule has 0 spiro atoms. The van der Waals surface area contributed by atoms with Gasteiger partial charge in [0.2, 0.25) is 0 Å². The minimum absolute atomic E-state index is 0.0778. The molecule has 0 aromatic heterocycles. The van der Waals surface area contributed by atoms with Gasteiger partial charge in [0.25, 0.3) is 5.91 Å². The van der Waals surface area contributed by atoms with E-state index in [1.807, 2.05) is 42.5 Å². The lowest BCUT2D eigenvalue weighted by molar-refractivity contribution is -0.118. The molecular weight excluding hydrogens is 268 g/mol. The molecule has 1 heterocycles. The molecule has 21 heavy (non-hydrogen) atoms. The second-order valence-electron chi connectivity index (χ2n) is 4.75. The van der Waals surface area contributed by atoms with Crippen LogP contribution in [0.4, 0.5) is 11.4 Å². The van der Waals surface area contributed by atoms with Crippen LogP contribution in [0.15, 0.2) is 42.5 Å². The van der Waals surface area contributed by atoms with Gasteiger partial charge >= 0.3 is 0 Å². The lowest BCUT2D eigenvalue weighted by Gasteiger charge is -2.18.